The lowest BCUT2D eigenvalue weighted by Gasteiger charge is -2.06. The standard InChI is InChI=1S/C19H18N2O2/c1-3-9-21-12(2)18(13-6-4-5-7-16(13)21)19(22)15-11-17-14(20-15)8-10-23-17/h4-8,10-11,20H,3,9H2,1-2H3. The van der Waals surface area contributed by atoms with Crippen LogP contribution in [0.4, 0.5) is 0 Å². The predicted molar refractivity (Wildman–Crippen MR) is 91.0 cm³/mol. The molecule has 3 heterocycles. The third kappa shape index (κ3) is 2.02. The van der Waals surface area contributed by atoms with E-state index in [0.717, 1.165) is 40.6 Å². The van der Waals surface area contributed by atoms with Gasteiger partial charge in [0.05, 0.1) is 23.0 Å². The molecule has 0 radical (unpaired) electrons. The number of hydrogen-bond donors (Lipinski definition) is 1. The summed E-state index contributed by atoms with van der Waals surface area (Å²) in [6.45, 7) is 5.08. The first-order valence-corrected chi connectivity index (χ1v) is 7.89. The molecule has 0 amide bonds. The van der Waals surface area contributed by atoms with Crippen LogP contribution in [0, 0.1) is 6.92 Å². The minimum absolute atomic E-state index is 0.0138. The first-order chi connectivity index (χ1) is 11.2. The number of benzene rings is 1. The number of hydrogen-bond acceptors (Lipinski definition) is 2. The first kappa shape index (κ1) is 13.9. The van der Waals surface area contributed by atoms with E-state index < -0.39 is 0 Å². The monoisotopic (exact) mass is 306 g/mol. The van der Waals surface area contributed by atoms with Gasteiger partial charge in [-0.25, -0.2) is 0 Å². The molecule has 1 aromatic carbocycles. The fourth-order valence-electron chi connectivity index (χ4n) is 3.33. The van der Waals surface area contributed by atoms with E-state index in [1.54, 1.807) is 12.3 Å². The van der Waals surface area contributed by atoms with E-state index in [9.17, 15) is 4.79 Å². The van der Waals surface area contributed by atoms with E-state index in [1.807, 2.05) is 31.2 Å². The summed E-state index contributed by atoms with van der Waals surface area (Å²) in [5.74, 6) is 0.0138. The number of fused-ring (bicyclic) bond motifs is 2. The molecule has 3 aromatic heterocycles. The second-order valence-electron chi connectivity index (χ2n) is 5.84. The highest BCUT2D eigenvalue weighted by atomic mass is 16.3. The lowest BCUT2D eigenvalue weighted by atomic mass is 10.0. The number of nitrogens with zero attached hydrogens (tertiary/aromatic N) is 1. The highest BCUT2D eigenvalue weighted by molar-refractivity contribution is 6.17. The summed E-state index contributed by atoms with van der Waals surface area (Å²) in [4.78, 5) is 16.2. The molecule has 0 saturated heterocycles. The van der Waals surface area contributed by atoms with Gasteiger partial charge in [-0.05, 0) is 19.4 Å². The zero-order valence-electron chi connectivity index (χ0n) is 13.2. The Bertz CT molecular complexity index is 988. The van der Waals surface area contributed by atoms with Gasteiger partial charge in [0.15, 0.2) is 5.58 Å². The number of ketones is 1. The fraction of sp³-hybridized carbons (Fsp3) is 0.211. The van der Waals surface area contributed by atoms with E-state index in [2.05, 4.69) is 22.5 Å². The Balaban J connectivity index is 1.92. The molecule has 0 aliphatic carbocycles. The number of furan rings is 1. The molecular formula is C19H18N2O2. The molecule has 4 nitrogen and oxygen atoms in total. The summed E-state index contributed by atoms with van der Waals surface area (Å²) >= 11 is 0. The van der Waals surface area contributed by atoms with Crippen molar-refractivity contribution in [3.63, 3.8) is 0 Å². The molecule has 1 N–H and O–H groups in total. The van der Waals surface area contributed by atoms with Crippen LogP contribution in [-0.2, 0) is 6.54 Å². The summed E-state index contributed by atoms with van der Waals surface area (Å²) < 4.78 is 7.59. The van der Waals surface area contributed by atoms with Crippen LogP contribution in [0.3, 0.4) is 0 Å². The highest BCUT2D eigenvalue weighted by Gasteiger charge is 2.22. The number of rotatable bonds is 4. The maximum absolute atomic E-state index is 13.1. The number of aromatic amines is 1. The quantitative estimate of drug-likeness (QED) is 0.557. The Morgan fingerprint density at radius 3 is 2.87 bits per heavy atom. The number of aryl methyl sites for hydroxylation is 1. The lowest BCUT2D eigenvalue weighted by molar-refractivity contribution is 0.103. The molecule has 4 heteroatoms. The summed E-state index contributed by atoms with van der Waals surface area (Å²) in [5, 5.41) is 1.01. The van der Waals surface area contributed by atoms with Crippen molar-refractivity contribution >= 4 is 27.8 Å². The summed E-state index contributed by atoms with van der Waals surface area (Å²) in [6, 6.07) is 11.7. The van der Waals surface area contributed by atoms with Crippen LogP contribution < -0.4 is 0 Å². The van der Waals surface area contributed by atoms with Crippen molar-refractivity contribution in [2.24, 2.45) is 0 Å². The van der Waals surface area contributed by atoms with Gasteiger partial charge in [-0.3, -0.25) is 4.79 Å². The van der Waals surface area contributed by atoms with Gasteiger partial charge in [0, 0.05) is 35.3 Å². The van der Waals surface area contributed by atoms with Crippen molar-refractivity contribution in [1.29, 1.82) is 0 Å². The van der Waals surface area contributed by atoms with Gasteiger partial charge in [-0.1, -0.05) is 25.1 Å². The lowest BCUT2D eigenvalue weighted by Crippen LogP contribution is -2.05. The first-order valence-electron chi connectivity index (χ1n) is 7.89. The average molecular weight is 306 g/mol. The third-order valence-electron chi connectivity index (χ3n) is 4.39. The van der Waals surface area contributed by atoms with E-state index in [0.29, 0.717) is 11.3 Å². The molecule has 4 aromatic rings. The van der Waals surface area contributed by atoms with E-state index >= 15 is 0 Å². The van der Waals surface area contributed by atoms with Crippen molar-refractivity contribution in [3.8, 4) is 0 Å². The average Bonchev–Trinajstić information content (AvgIpc) is 3.20. The molecule has 0 aliphatic heterocycles. The summed E-state index contributed by atoms with van der Waals surface area (Å²) in [6.07, 6.45) is 2.65. The molecule has 0 spiro atoms. The van der Waals surface area contributed by atoms with Crippen molar-refractivity contribution < 1.29 is 9.21 Å². The predicted octanol–water partition coefficient (Wildman–Crippen LogP) is 4.67. The van der Waals surface area contributed by atoms with Gasteiger partial charge in [0.2, 0.25) is 5.78 Å². The summed E-state index contributed by atoms with van der Waals surface area (Å²) in [5.41, 5.74) is 5.04. The molecule has 0 fully saturated rings. The van der Waals surface area contributed by atoms with Gasteiger partial charge in [-0.15, -0.1) is 0 Å². The second-order valence-corrected chi connectivity index (χ2v) is 5.84. The minimum atomic E-state index is 0.0138. The Morgan fingerprint density at radius 1 is 1.26 bits per heavy atom. The van der Waals surface area contributed by atoms with Crippen LogP contribution in [0.25, 0.3) is 22.0 Å². The van der Waals surface area contributed by atoms with Gasteiger partial charge in [0.25, 0.3) is 0 Å². The Hall–Kier alpha value is -2.75. The molecule has 0 bridgehead atoms. The van der Waals surface area contributed by atoms with Crippen LogP contribution >= 0.6 is 0 Å². The topological polar surface area (TPSA) is 50.9 Å². The number of aromatic nitrogens is 2. The molecular weight excluding hydrogens is 288 g/mol. The number of H-pyrrole nitrogens is 1. The van der Waals surface area contributed by atoms with Crippen LogP contribution in [0.2, 0.25) is 0 Å². The highest BCUT2D eigenvalue weighted by Crippen LogP contribution is 2.29. The van der Waals surface area contributed by atoms with Crippen molar-refractivity contribution in [2.75, 3.05) is 0 Å². The smallest absolute Gasteiger partial charge is 0.211 e. The van der Waals surface area contributed by atoms with Crippen LogP contribution in [0.1, 0.15) is 35.1 Å². The van der Waals surface area contributed by atoms with Crippen LogP contribution in [-0.4, -0.2) is 15.3 Å². The SMILES string of the molecule is CCCn1c(C)c(C(=O)c2cc3occc3[nH]2)c2ccccc21. The van der Waals surface area contributed by atoms with Crippen molar-refractivity contribution in [2.45, 2.75) is 26.8 Å². The molecule has 0 aliphatic rings. The van der Waals surface area contributed by atoms with Gasteiger partial charge in [0.1, 0.15) is 0 Å². The zero-order chi connectivity index (χ0) is 16.0. The Morgan fingerprint density at radius 2 is 2.09 bits per heavy atom. The molecule has 23 heavy (non-hydrogen) atoms. The molecule has 0 atom stereocenters. The Kier molecular flexibility index (Phi) is 3.11. The van der Waals surface area contributed by atoms with Gasteiger partial charge >= 0.3 is 0 Å². The van der Waals surface area contributed by atoms with Gasteiger partial charge < -0.3 is 14.0 Å². The molecule has 4 rings (SSSR count). The van der Waals surface area contributed by atoms with E-state index in [-0.39, 0.29) is 5.78 Å². The Labute approximate surface area is 133 Å². The van der Waals surface area contributed by atoms with Crippen molar-refractivity contribution in [3.05, 3.63) is 59.6 Å². The fourth-order valence-corrected chi connectivity index (χ4v) is 3.33. The van der Waals surface area contributed by atoms with Crippen LogP contribution in [0.5, 0.6) is 0 Å². The largest absolute Gasteiger partial charge is 0.463 e. The minimum Gasteiger partial charge on any atom is -0.463 e. The van der Waals surface area contributed by atoms with E-state index in [1.165, 1.54) is 0 Å². The number of carbonyl (C=O) groups is 1. The summed E-state index contributed by atoms with van der Waals surface area (Å²) in [7, 11) is 0. The van der Waals surface area contributed by atoms with Crippen molar-refractivity contribution in [1.82, 2.24) is 9.55 Å². The normalized spacial score (nSPS) is 11.6. The maximum atomic E-state index is 13.1. The van der Waals surface area contributed by atoms with E-state index in [4.69, 9.17) is 4.42 Å². The van der Waals surface area contributed by atoms with Gasteiger partial charge in [-0.2, -0.15) is 0 Å². The number of para-hydroxylation sites is 1. The molecule has 0 unspecified atom stereocenters. The maximum Gasteiger partial charge on any atom is 0.211 e. The third-order valence-corrected chi connectivity index (χ3v) is 4.39. The van der Waals surface area contributed by atoms with Crippen LogP contribution in [0.15, 0.2) is 47.1 Å². The second kappa shape index (κ2) is 5.16. The number of carbonyl (C=O) groups excluding carboxylic acids is 1. The zero-order valence-corrected chi connectivity index (χ0v) is 13.2. The molecule has 116 valence electrons. The molecule has 0 saturated carbocycles. The number of nitrogens with one attached hydrogen (secondary N) is 1.